The minimum atomic E-state index is -0.916. The van der Waals surface area contributed by atoms with Gasteiger partial charge in [-0.3, -0.25) is 14.5 Å². The number of carbonyl (C=O) groups excluding carboxylic acids is 2. The number of halogens is 1. The topological polar surface area (TPSA) is 87.9 Å². The van der Waals surface area contributed by atoms with E-state index in [1.165, 1.54) is 29.3 Å². The van der Waals surface area contributed by atoms with Gasteiger partial charge in [-0.2, -0.15) is 5.10 Å². The molecule has 36 heavy (non-hydrogen) atoms. The monoisotopic (exact) mass is 490 g/mol. The number of aromatic nitrogens is 2. The van der Waals surface area contributed by atoms with Gasteiger partial charge in [0.25, 0.3) is 11.7 Å². The predicted molar refractivity (Wildman–Crippen MR) is 131 cm³/mol. The highest BCUT2D eigenvalue weighted by Crippen LogP contribution is 2.40. The summed E-state index contributed by atoms with van der Waals surface area (Å²) in [4.78, 5) is 30.0. The van der Waals surface area contributed by atoms with Gasteiger partial charge in [-0.15, -0.1) is 0 Å². The molecule has 9 heteroatoms. The number of aliphatic hydroxyl groups excluding tert-OH is 1. The van der Waals surface area contributed by atoms with E-state index < -0.39 is 23.5 Å². The van der Waals surface area contributed by atoms with Crippen molar-refractivity contribution in [3.63, 3.8) is 0 Å². The molecule has 1 atom stereocenters. The molecule has 1 aromatic heterocycles. The average molecular weight is 491 g/mol. The lowest BCUT2D eigenvalue weighted by atomic mass is 9.95. The summed E-state index contributed by atoms with van der Waals surface area (Å²) in [7, 11) is 0. The van der Waals surface area contributed by atoms with E-state index in [1.807, 2.05) is 30.3 Å². The van der Waals surface area contributed by atoms with Crippen LogP contribution in [0.1, 0.15) is 22.9 Å². The predicted octanol–water partition coefficient (Wildman–Crippen LogP) is 3.07. The molecule has 186 valence electrons. The maximum absolute atomic E-state index is 14.2. The Labute approximate surface area is 208 Å². The summed E-state index contributed by atoms with van der Waals surface area (Å²) >= 11 is 0. The first kappa shape index (κ1) is 23.9. The van der Waals surface area contributed by atoms with Crippen LogP contribution in [0.2, 0.25) is 0 Å². The Morgan fingerprint density at radius 3 is 2.56 bits per heavy atom. The molecule has 2 fully saturated rings. The molecule has 0 bridgehead atoms. The van der Waals surface area contributed by atoms with Crippen LogP contribution in [0.3, 0.4) is 0 Å². The zero-order valence-electron chi connectivity index (χ0n) is 19.9. The molecule has 0 spiro atoms. The molecule has 5 rings (SSSR count). The van der Waals surface area contributed by atoms with Gasteiger partial charge in [0.1, 0.15) is 11.6 Å². The lowest BCUT2D eigenvalue weighted by Gasteiger charge is -2.31. The standard InChI is InChI=1S/C27H27FN4O4/c1-18-22(17-29-32(18)21-8-3-2-4-9-21)25(33)23-24(19-6-5-7-20(28)16-19)31(27(35)26(23)34)11-10-30-12-14-36-15-13-30/h2-9,16-17,24,33H,10-15H2,1H3/t24-/m0/s1. The number of rotatable bonds is 6. The molecule has 2 aliphatic heterocycles. The van der Waals surface area contributed by atoms with E-state index in [1.54, 1.807) is 17.7 Å². The van der Waals surface area contributed by atoms with Crippen LogP contribution in [0, 0.1) is 12.7 Å². The average Bonchev–Trinajstić information content (AvgIpc) is 3.40. The lowest BCUT2D eigenvalue weighted by molar-refractivity contribution is -0.140. The van der Waals surface area contributed by atoms with Crippen molar-refractivity contribution < 1.29 is 23.8 Å². The number of Topliss-reactive ketones (excluding diaryl/α,β-unsaturated/α-hetero) is 1. The van der Waals surface area contributed by atoms with E-state index in [9.17, 15) is 19.1 Å². The van der Waals surface area contributed by atoms with Crippen molar-refractivity contribution in [3.8, 4) is 5.69 Å². The first-order valence-electron chi connectivity index (χ1n) is 11.9. The highest BCUT2D eigenvalue weighted by Gasteiger charge is 2.46. The van der Waals surface area contributed by atoms with E-state index in [-0.39, 0.29) is 17.9 Å². The van der Waals surface area contributed by atoms with Gasteiger partial charge < -0.3 is 14.7 Å². The zero-order valence-corrected chi connectivity index (χ0v) is 19.9. The van der Waals surface area contributed by atoms with Crippen molar-refractivity contribution in [2.75, 3.05) is 39.4 Å². The van der Waals surface area contributed by atoms with E-state index in [2.05, 4.69) is 10.00 Å². The zero-order chi connectivity index (χ0) is 25.2. The molecule has 1 N–H and O–H groups in total. The number of amides is 1. The summed E-state index contributed by atoms with van der Waals surface area (Å²) in [6.45, 7) is 5.24. The Morgan fingerprint density at radius 1 is 1.08 bits per heavy atom. The third kappa shape index (κ3) is 4.43. The second-order valence-corrected chi connectivity index (χ2v) is 8.89. The van der Waals surface area contributed by atoms with E-state index >= 15 is 0 Å². The molecular weight excluding hydrogens is 463 g/mol. The van der Waals surface area contributed by atoms with Gasteiger partial charge in [-0.25, -0.2) is 9.07 Å². The Balaban J connectivity index is 1.56. The molecular formula is C27H27FN4O4. The largest absolute Gasteiger partial charge is 0.507 e. The van der Waals surface area contributed by atoms with Crippen LogP contribution in [-0.4, -0.2) is 75.8 Å². The number of aliphatic hydroxyl groups is 1. The number of ether oxygens (including phenoxy) is 1. The Bertz CT molecular complexity index is 1310. The molecule has 3 heterocycles. The minimum Gasteiger partial charge on any atom is -0.507 e. The maximum Gasteiger partial charge on any atom is 0.295 e. The SMILES string of the molecule is Cc1c(C(O)=C2C(=O)C(=O)N(CCN3CCOCC3)[C@H]2c2cccc(F)c2)cnn1-c1ccccc1. The summed E-state index contributed by atoms with van der Waals surface area (Å²) < 4.78 is 21.3. The van der Waals surface area contributed by atoms with Gasteiger partial charge in [0.2, 0.25) is 0 Å². The number of hydrogen-bond acceptors (Lipinski definition) is 6. The van der Waals surface area contributed by atoms with E-state index in [0.717, 1.165) is 18.8 Å². The van der Waals surface area contributed by atoms with Crippen molar-refractivity contribution in [1.82, 2.24) is 19.6 Å². The maximum atomic E-state index is 14.2. The molecule has 0 radical (unpaired) electrons. The van der Waals surface area contributed by atoms with E-state index in [4.69, 9.17) is 4.74 Å². The second kappa shape index (κ2) is 10.0. The van der Waals surface area contributed by atoms with Crippen molar-refractivity contribution >= 4 is 17.4 Å². The van der Waals surface area contributed by atoms with Crippen LogP contribution in [-0.2, 0) is 14.3 Å². The van der Waals surface area contributed by atoms with Crippen molar-refractivity contribution in [3.05, 3.63) is 89.0 Å². The van der Waals surface area contributed by atoms with Crippen LogP contribution >= 0.6 is 0 Å². The Kier molecular flexibility index (Phi) is 6.67. The fourth-order valence-electron chi connectivity index (χ4n) is 4.82. The third-order valence-corrected chi connectivity index (χ3v) is 6.73. The molecule has 3 aromatic rings. The quantitative estimate of drug-likeness (QED) is 0.325. The minimum absolute atomic E-state index is 0.0664. The van der Waals surface area contributed by atoms with Gasteiger partial charge in [0, 0.05) is 26.2 Å². The number of hydrogen-bond donors (Lipinski definition) is 1. The number of ketones is 1. The number of carbonyl (C=O) groups is 2. The van der Waals surface area contributed by atoms with Gasteiger partial charge in [-0.05, 0) is 36.8 Å². The van der Waals surface area contributed by atoms with Gasteiger partial charge in [0.05, 0.1) is 48.0 Å². The van der Waals surface area contributed by atoms with Crippen LogP contribution in [0.25, 0.3) is 11.4 Å². The first-order chi connectivity index (χ1) is 17.5. The van der Waals surface area contributed by atoms with Gasteiger partial charge >= 0.3 is 0 Å². The molecule has 0 unspecified atom stereocenters. The fourth-order valence-corrected chi connectivity index (χ4v) is 4.82. The summed E-state index contributed by atoms with van der Waals surface area (Å²) in [5, 5.41) is 15.8. The summed E-state index contributed by atoms with van der Waals surface area (Å²) in [5.41, 5.74) is 2.10. The summed E-state index contributed by atoms with van der Waals surface area (Å²) in [6.07, 6.45) is 1.47. The normalized spacial score (nSPS) is 20.3. The van der Waals surface area contributed by atoms with Gasteiger partial charge in [-0.1, -0.05) is 30.3 Å². The van der Waals surface area contributed by atoms with Crippen LogP contribution in [0.15, 0.2) is 66.4 Å². The molecule has 2 aliphatic rings. The summed E-state index contributed by atoms with van der Waals surface area (Å²) in [6, 6.07) is 14.3. The van der Waals surface area contributed by atoms with Gasteiger partial charge in [0.15, 0.2) is 0 Å². The number of benzene rings is 2. The number of nitrogens with zero attached hydrogens (tertiary/aromatic N) is 4. The van der Waals surface area contributed by atoms with E-state index in [0.29, 0.717) is 36.6 Å². The molecule has 2 saturated heterocycles. The highest BCUT2D eigenvalue weighted by molar-refractivity contribution is 6.46. The van der Waals surface area contributed by atoms with Crippen LogP contribution < -0.4 is 0 Å². The molecule has 1 amide bonds. The first-order valence-corrected chi connectivity index (χ1v) is 11.9. The van der Waals surface area contributed by atoms with Crippen molar-refractivity contribution in [1.29, 1.82) is 0 Å². The Morgan fingerprint density at radius 2 is 1.83 bits per heavy atom. The van der Waals surface area contributed by atoms with Crippen molar-refractivity contribution in [2.24, 2.45) is 0 Å². The highest BCUT2D eigenvalue weighted by atomic mass is 19.1. The molecule has 0 aliphatic carbocycles. The molecule has 0 saturated carbocycles. The summed E-state index contributed by atoms with van der Waals surface area (Å²) in [5.74, 6) is -2.32. The third-order valence-electron chi connectivity index (χ3n) is 6.73. The number of likely N-dealkylation sites (tertiary alicyclic amines) is 1. The van der Waals surface area contributed by atoms with Crippen LogP contribution in [0.4, 0.5) is 4.39 Å². The van der Waals surface area contributed by atoms with Crippen molar-refractivity contribution in [2.45, 2.75) is 13.0 Å². The smallest absolute Gasteiger partial charge is 0.295 e. The lowest BCUT2D eigenvalue weighted by Crippen LogP contribution is -2.42. The Hall–Kier alpha value is -3.82. The molecule has 2 aromatic carbocycles. The fraction of sp³-hybridized carbons (Fsp3) is 0.296. The second-order valence-electron chi connectivity index (χ2n) is 8.89. The number of para-hydroxylation sites is 1. The van der Waals surface area contributed by atoms with Crippen LogP contribution in [0.5, 0.6) is 0 Å². The molecule has 8 nitrogen and oxygen atoms in total. The number of morpholine rings is 1.